The number of aliphatic carboxylic acids is 1. The number of benzene rings is 1. The lowest BCUT2D eigenvalue weighted by atomic mass is 10.1. The third-order valence-electron chi connectivity index (χ3n) is 4.36. The highest BCUT2D eigenvalue weighted by Crippen LogP contribution is 2.30. The lowest BCUT2D eigenvalue weighted by molar-refractivity contribution is -0.146. The zero-order valence-corrected chi connectivity index (χ0v) is 12.9. The van der Waals surface area contributed by atoms with Crippen LogP contribution in [0.3, 0.4) is 0 Å². The second-order valence-corrected chi connectivity index (χ2v) is 6.25. The van der Waals surface area contributed by atoms with Crippen molar-refractivity contribution in [2.75, 3.05) is 13.1 Å². The van der Waals surface area contributed by atoms with Gasteiger partial charge in [0, 0.05) is 25.6 Å². The van der Waals surface area contributed by atoms with E-state index in [-0.39, 0.29) is 30.8 Å². The van der Waals surface area contributed by atoms with Gasteiger partial charge in [-0.05, 0) is 18.4 Å². The van der Waals surface area contributed by atoms with E-state index in [1.165, 1.54) is 4.90 Å². The van der Waals surface area contributed by atoms with Crippen LogP contribution in [-0.4, -0.2) is 51.8 Å². The van der Waals surface area contributed by atoms with Crippen molar-refractivity contribution in [1.82, 2.24) is 9.80 Å². The van der Waals surface area contributed by atoms with Crippen molar-refractivity contribution >= 4 is 17.8 Å². The Kier molecular flexibility index (Phi) is 4.32. The summed E-state index contributed by atoms with van der Waals surface area (Å²) in [4.78, 5) is 38.8. The van der Waals surface area contributed by atoms with Crippen LogP contribution < -0.4 is 0 Å². The first-order valence-electron chi connectivity index (χ1n) is 7.88. The van der Waals surface area contributed by atoms with Crippen LogP contribution in [0.15, 0.2) is 30.3 Å². The van der Waals surface area contributed by atoms with Gasteiger partial charge in [-0.1, -0.05) is 30.3 Å². The van der Waals surface area contributed by atoms with Crippen molar-refractivity contribution in [3.63, 3.8) is 0 Å². The van der Waals surface area contributed by atoms with Crippen LogP contribution in [0.2, 0.25) is 0 Å². The Bertz CT molecular complexity index is 612. The summed E-state index contributed by atoms with van der Waals surface area (Å²) in [5, 5.41) is 8.98. The van der Waals surface area contributed by atoms with E-state index in [1.54, 1.807) is 4.90 Å². The van der Waals surface area contributed by atoms with Crippen LogP contribution in [0.1, 0.15) is 24.8 Å². The number of likely N-dealkylation sites (tertiary alicyclic amines) is 1. The number of carboxylic acid groups (broad SMARTS) is 1. The molecule has 1 aromatic carbocycles. The van der Waals surface area contributed by atoms with Crippen LogP contribution in [0.4, 0.5) is 0 Å². The molecule has 1 aliphatic carbocycles. The van der Waals surface area contributed by atoms with Crippen molar-refractivity contribution in [2.45, 2.75) is 31.8 Å². The van der Waals surface area contributed by atoms with Gasteiger partial charge in [-0.3, -0.25) is 14.4 Å². The van der Waals surface area contributed by atoms with Gasteiger partial charge in [0.1, 0.15) is 6.54 Å². The lowest BCUT2D eigenvalue weighted by Gasteiger charge is -2.23. The van der Waals surface area contributed by atoms with Crippen molar-refractivity contribution in [3.05, 3.63) is 35.9 Å². The Morgan fingerprint density at radius 2 is 1.91 bits per heavy atom. The van der Waals surface area contributed by atoms with E-state index in [0.717, 1.165) is 18.4 Å². The molecule has 1 aromatic rings. The number of amides is 2. The monoisotopic (exact) mass is 316 g/mol. The summed E-state index contributed by atoms with van der Waals surface area (Å²) >= 11 is 0. The fraction of sp³-hybridized carbons (Fsp3) is 0.471. The van der Waals surface area contributed by atoms with E-state index < -0.39 is 11.9 Å². The van der Waals surface area contributed by atoms with Crippen LogP contribution in [0, 0.1) is 5.92 Å². The second-order valence-electron chi connectivity index (χ2n) is 6.25. The Hall–Kier alpha value is -2.37. The van der Waals surface area contributed by atoms with Gasteiger partial charge in [-0.15, -0.1) is 0 Å². The van der Waals surface area contributed by atoms with Crippen molar-refractivity contribution < 1.29 is 19.5 Å². The van der Waals surface area contributed by atoms with Crippen molar-refractivity contribution in [3.8, 4) is 0 Å². The van der Waals surface area contributed by atoms with E-state index in [9.17, 15) is 14.4 Å². The van der Waals surface area contributed by atoms with Crippen LogP contribution in [0.5, 0.6) is 0 Å². The molecule has 2 amide bonds. The maximum Gasteiger partial charge on any atom is 0.323 e. The molecule has 0 unspecified atom stereocenters. The minimum absolute atomic E-state index is 0.0388. The first-order valence-corrected chi connectivity index (χ1v) is 7.88. The second kappa shape index (κ2) is 6.40. The summed E-state index contributed by atoms with van der Waals surface area (Å²) in [6.07, 6.45) is 1.88. The van der Waals surface area contributed by atoms with E-state index in [1.807, 2.05) is 30.3 Å². The fourth-order valence-corrected chi connectivity index (χ4v) is 3.05. The minimum atomic E-state index is -1.00. The van der Waals surface area contributed by atoms with E-state index >= 15 is 0 Å². The number of carbonyl (C=O) groups excluding carboxylic acids is 2. The molecule has 1 heterocycles. The van der Waals surface area contributed by atoms with E-state index in [2.05, 4.69) is 0 Å². The molecule has 1 saturated carbocycles. The topological polar surface area (TPSA) is 77.9 Å². The predicted molar refractivity (Wildman–Crippen MR) is 82.3 cm³/mol. The SMILES string of the molecule is O=C(O)CN(C(=O)[C@H]1CC(=O)N(Cc2ccccc2)C1)C1CC1. The third-order valence-corrected chi connectivity index (χ3v) is 4.36. The Morgan fingerprint density at radius 3 is 2.52 bits per heavy atom. The highest BCUT2D eigenvalue weighted by atomic mass is 16.4. The predicted octanol–water partition coefficient (Wildman–Crippen LogP) is 1.11. The largest absolute Gasteiger partial charge is 0.480 e. The number of rotatable bonds is 6. The lowest BCUT2D eigenvalue weighted by Crippen LogP contribution is -2.42. The number of hydrogen-bond donors (Lipinski definition) is 1. The Morgan fingerprint density at radius 1 is 1.22 bits per heavy atom. The smallest absolute Gasteiger partial charge is 0.323 e. The normalized spacial score (nSPS) is 20.6. The van der Waals surface area contributed by atoms with Gasteiger partial charge in [0.2, 0.25) is 11.8 Å². The van der Waals surface area contributed by atoms with Gasteiger partial charge < -0.3 is 14.9 Å². The molecule has 122 valence electrons. The summed E-state index contributed by atoms with van der Waals surface area (Å²) in [7, 11) is 0. The molecule has 3 rings (SSSR count). The molecule has 2 fully saturated rings. The maximum absolute atomic E-state index is 12.6. The first kappa shape index (κ1) is 15.5. The summed E-state index contributed by atoms with van der Waals surface area (Å²) in [5.41, 5.74) is 1.03. The third kappa shape index (κ3) is 3.70. The first-order chi connectivity index (χ1) is 11.0. The van der Waals surface area contributed by atoms with Crippen LogP contribution in [0.25, 0.3) is 0 Å². The molecule has 6 nitrogen and oxygen atoms in total. The Labute approximate surface area is 134 Å². The average molecular weight is 316 g/mol. The molecule has 1 N–H and O–H groups in total. The van der Waals surface area contributed by atoms with Crippen molar-refractivity contribution in [1.29, 1.82) is 0 Å². The van der Waals surface area contributed by atoms with Gasteiger partial charge in [0.25, 0.3) is 0 Å². The molecule has 2 aliphatic rings. The minimum Gasteiger partial charge on any atom is -0.480 e. The molecule has 1 aliphatic heterocycles. The molecule has 0 radical (unpaired) electrons. The molecule has 0 bridgehead atoms. The number of hydrogen-bond acceptors (Lipinski definition) is 3. The molecule has 0 spiro atoms. The molecular weight excluding hydrogens is 296 g/mol. The van der Waals surface area contributed by atoms with Crippen LogP contribution in [-0.2, 0) is 20.9 Å². The van der Waals surface area contributed by atoms with Gasteiger partial charge in [0.05, 0.1) is 5.92 Å². The van der Waals surface area contributed by atoms with Gasteiger partial charge in [-0.25, -0.2) is 0 Å². The van der Waals surface area contributed by atoms with Gasteiger partial charge in [-0.2, -0.15) is 0 Å². The standard InChI is InChI=1S/C17H20N2O4/c20-15-8-13(10-18(15)9-12-4-2-1-3-5-12)17(23)19(11-16(21)22)14-6-7-14/h1-5,13-14H,6-11H2,(H,21,22)/t13-/m0/s1. The quantitative estimate of drug-likeness (QED) is 0.853. The average Bonchev–Trinajstić information content (AvgIpc) is 3.30. The number of carbonyl (C=O) groups is 3. The highest BCUT2D eigenvalue weighted by molar-refractivity contribution is 5.91. The molecule has 1 saturated heterocycles. The summed E-state index contributed by atoms with van der Waals surface area (Å²) in [6.45, 7) is 0.591. The zero-order valence-electron chi connectivity index (χ0n) is 12.9. The number of carboxylic acids is 1. The summed E-state index contributed by atoms with van der Waals surface area (Å²) < 4.78 is 0. The highest BCUT2D eigenvalue weighted by Gasteiger charge is 2.41. The van der Waals surface area contributed by atoms with Gasteiger partial charge >= 0.3 is 5.97 Å². The molecular formula is C17H20N2O4. The molecule has 0 aromatic heterocycles. The maximum atomic E-state index is 12.6. The fourth-order valence-electron chi connectivity index (χ4n) is 3.05. The summed E-state index contributed by atoms with van der Waals surface area (Å²) in [5.74, 6) is -1.67. The van der Waals surface area contributed by atoms with E-state index in [4.69, 9.17) is 5.11 Å². The molecule has 23 heavy (non-hydrogen) atoms. The zero-order chi connectivity index (χ0) is 16.4. The summed E-state index contributed by atoms with van der Waals surface area (Å²) in [6, 6.07) is 9.69. The molecule has 1 atom stereocenters. The van der Waals surface area contributed by atoms with E-state index in [0.29, 0.717) is 13.1 Å². The van der Waals surface area contributed by atoms with Gasteiger partial charge in [0.15, 0.2) is 0 Å². The van der Waals surface area contributed by atoms with Crippen LogP contribution >= 0.6 is 0 Å². The molecule has 6 heteroatoms. The van der Waals surface area contributed by atoms with Crippen molar-refractivity contribution in [2.24, 2.45) is 5.92 Å². The Balaban J connectivity index is 1.64. The number of nitrogens with zero attached hydrogens (tertiary/aromatic N) is 2.